The fourth-order valence-electron chi connectivity index (χ4n) is 4.00. The maximum Gasteiger partial charge on any atom is 0.170 e. The summed E-state index contributed by atoms with van der Waals surface area (Å²) in [4.78, 5) is 20.2. The number of piperidine rings is 1. The third kappa shape index (κ3) is 3.47. The molecule has 3 aromatic rings. The number of rotatable bonds is 5. The maximum atomic E-state index is 13.3. The second-order valence-corrected chi connectivity index (χ2v) is 7.27. The Bertz CT molecular complexity index is 941. The second kappa shape index (κ2) is 7.53. The molecule has 4 rings (SSSR count). The van der Waals surface area contributed by atoms with E-state index in [1.165, 1.54) is 5.56 Å². The molecule has 27 heavy (non-hydrogen) atoms. The zero-order chi connectivity index (χ0) is 18.8. The van der Waals surface area contributed by atoms with Gasteiger partial charge in [-0.2, -0.15) is 0 Å². The molecule has 1 aliphatic rings. The van der Waals surface area contributed by atoms with Crippen molar-refractivity contribution in [1.29, 1.82) is 0 Å². The van der Waals surface area contributed by atoms with Crippen LogP contribution in [0.4, 0.5) is 0 Å². The number of fused-ring (bicyclic) bond motifs is 1. The van der Waals surface area contributed by atoms with Crippen molar-refractivity contribution in [2.45, 2.75) is 19.4 Å². The van der Waals surface area contributed by atoms with Gasteiger partial charge in [0.2, 0.25) is 0 Å². The van der Waals surface area contributed by atoms with Crippen molar-refractivity contribution in [3.8, 4) is 5.75 Å². The SMILES string of the molecule is COc1cnc2c(ccn2C)c1C(=O)C1CCN(Cc2ccccc2)CC1. The maximum absolute atomic E-state index is 13.3. The van der Waals surface area contributed by atoms with E-state index in [4.69, 9.17) is 4.74 Å². The van der Waals surface area contributed by atoms with E-state index < -0.39 is 0 Å². The number of aromatic nitrogens is 2. The van der Waals surface area contributed by atoms with Gasteiger partial charge in [0.15, 0.2) is 5.78 Å². The molecule has 0 aliphatic carbocycles. The van der Waals surface area contributed by atoms with Gasteiger partial charge < -0.3 is 9.30 Å². The fraction of sp³-hybridized carbons (Fsp3) is 0.364. The number of benzene rings is 1. The van der Waals surface area contributed by atoms with Gasteiger partial charge >= 0.3 is 0 Å². The van der Waals surface area contributed by atoms with Crippen molar-refractivity contribution in [3.05, 3.63) is 59.9 Å². The van der Waals surface area contributed by atoms with Crippen molar-refractivity contribution in [1.82, 2.24) is 14.5 Å². The van der Waals surface area contributed by atoms with E-state index in [1.807, 2.05) is 29.9 Å². The number of pyridine rings is 1. The van der Waals surface area contributed by atoms with Crippen LogP contribution < -0.4 is 4.74 Å². The van der Waals surface area contributed by atoms with Gasteiger partial charge in [-0.1, -0.05) is 30.3 Å². The quantitative estimate of drug-likeness (QED) is 0.649. The molecular weight excluding hydrogens is 338 g/mol. The Balaban J connectivity index is 1.51. The summed E-state index contributed by atoms with van der Waals surface area (Å²) in [6, 6.07) is 12.5. The highest BCUT2D eigenvalue weighted by Gasteiger charge is 2.29. The topological polar surface area (TPSA) is 47.4 Å². The Kier molecular flexibility index (Phi) is 4.94. The number of hydrogen-bond donors (Lipinski definition) is 0. The summed E-state index contributed by atoms with van der Waals surface area (Å²) >= 11 is 0. The molecule has 0 N–H and O–H groups in total. The van der Waals surface area contributed by atoms with Crippen LogP contribution in [0.5, 0.6) is 5.75 Å². The molecule has 0 radical (unpaired) electrons. The summed E-state index contributed by atoms with van der Waals surface area (Å²) in [6.45, 7) is 2.83. The van der Waals surface area contributed by atoms with Crippen molar-refractivity contribution < 1.29 is 9.53 Å². The van der Waals surface area contributed by atoms with Crippen LogP contribution in [0.1, 0.15) is 28.8 Å². The number of aryl methyl sites for hydroxylation is 1. The minimum absolute atomic E-state index is 0.0386. The van der Waals surface area contributed by atoms with Crippen LogP contribution in [-0.2, 0) is 13.6 Å². The Morgan fingerprint density at radius 2 is 1.93 bits per heavy atom. The van der Waals surface area contributed by atoms with E-state index in [0.717, 1.165) is 43.5 Å². The molecule has 3 heterocycles. The number of hydrogen-bond acceptors (Lipinski definition) is 4. The van der Waals surface area contributed by atoms with Crippen LogP contribution in [0.2, 0.25) is 0 Å². The summed E-state index contributed by atoms with van der Waals surface area (Å²) in [5, 5.41) is 0.883. The van der Waals surface area contributed by atoms with Crippen molar-refractivity contribution in [2.75, 3.05) is 20.2 Å². The monoisotopic (exact) mass is 363 g/mol. The smallest absolute Gasteiger partial charge is 0.170 e. The lowest BCUT2D eigenvalue weighted by molar-refractivity contribution is 0.0833. The van der Waals surface area contributed by atoms with E-state index in [-0.39, 0.29) is 11.7 Å². The highest BCUT2D eigenvalue weighted by molar-refractivity contribution is 6.10. The first-order valence-corrected chi connectivity index (χ1v) is 9.46. The molecule has 0 spiro atoms. The van der Waals surface area contributed by atoms with Crippen molar-refractivity contribution in [3.63, 3.8) is 0 Å². The van der Waals surface area contributed by atoms with E-state index >= 15 is 0 Å². The second-order valence-electron chi connectivity index (χ2n) is 7.27. The van der Waals surface area contributed by atoms with Crippen molar-refractivity contribution in [2.24, 2.45) is 13.0 Å². The average Bonchev–Trinajstić information content (AvgIpc) is 3.09. The molecule has 0 saturated carbocycles. The van der Waals surface area contributed by atoms with Crippen LogP contribution in [0.25, 0.3) is 11.0 Å². The molecule has 5 nitrogen and oxygen atoms in total. The molecule has 2 aromatic heterocycles. The fourth-order valence-corrected chi connectivity index (χ4v) is 4.00. The van der Waals surface area contributed by atoms with Gasteiger partial charge in [-0.3, -0.25) is 9.69 Å². The standard InChI is InChI=1S/C22H25N3O2/c1-24-11-10-18-20(19(27-2)14-23-22(18)24)21(26)17-8-12-25(13-9-17)15-16-6-4-3-5-7-16/h3-7,10-11,14,17H,8-9,12-13,15H2,1-2H3. The Morgan fingerprint density at radius 1 is 1.19 bits per heavy atom. The number of Topliss-reactive ketones (excluding diaryl/α,β-unsaturated/α-hetero) is 1. The largest absolute Gasteiger partial charge is 0.494 e. The van der Waals surface area contributed by atoms with E-state index in [1.54, 1.807) is 13.3 Å². The van der Waals surface area contributed by atoms with Crippen LogP contribution in [0.3, 0.4) is 0 Å². The predicted octanol–water partition coefficient (Wildman–Crippen LogP) is 3.68. The highest BCUT2D eigenvalue weighted by atomic mass is 16.5. The molecule has 0 amide bonds. The molecule has 140 valence electrons. The normalized spacial score (nSPS) is 15.9. The van der Waals surface area contributed by atoms with Crippen LogP contribution >= 0.6 is 0 Å². The number of ketones is 1. The first-order valence-electron chi connectivity index (χ1n) is 9.46. The summed E-state index contributed by atoms with van der Waals surface area (Å²) in [7, 11) is 3.54. The number of ether oxygens (including phenoxy) is 1. The number of nitrogens with zero attached hydrogens (tertiary/aromatic N) is 3. The van der Waals surface area contributed by atoms with Gasteiger partial charge in [0, 0.05) is 31.1 Å². The molecule has 1 fully saturated rings. The summed E-state index contributed by atoms with van der Waals surface area (Å²) < 4.78 is 7.41. The van der Waals surface area contributed by atoms with Gasteiger partial charge in [-0.05, 0) is 37.6 Å². The molecular formula is C22H25N3O2. The lowest BCUT2D eigenvalue weighted by atomic mass is 9.87. The minimum atomic E-state index is 0.0386. The van der Waals surface area contributed by atoms with E-state index in [9.17, 15) is 4.79 Å². The van der Waals surface area contributed by atoms with Gasteiger partial charge in [-0.15, -0.1) is 0 Å². The Hall–Kier alpha value is -2.66. The lowest BCUT2D eigenvalue weighted by Gasteiger charge is -2.31. The number of carbonyl (C=O) groups excluding carboxylic acids is 1. The first kappa shape index (κ1) is 17.7. The third-order valence-corrected chi connectivity index (χ3v) is 5.53. The number of likely N-dealkylation sites (tertiary alicyclic amines) is 1. The highest BCUT2D eigenvalue weighted by Crippen LogP contribution is 2.32. The number of methoxy groups -OCH3 is 1. The average molecular weight is 363 g/mol. The molecule has 1 saturated heterocycles. The number of carbonyl (C=O) groups is 1. The molecule has 1 aliphatic heterocycles. The van der Waals surface area contributed by atoms with Gasteiger partial charge in [0.1, 0.15) is 11.4 Å². The van der Waals surface area contributed by atoms with Crippen LogP contribution in [-0.4, -0.2) is 40.4 Å². The predicted molar refractivity (Wildman–Crippen MR) is 106 cm³/mol. The van der Waals surface area contributed by atoms with Gasteiger partial charge in [0.05, 0.1) is 18.9 Å². The zero-order valence-corrected chi connectivity index (χ0v) is 15.9. The Labute approximate surface area is 159 Å². The van der Waals surface area contributed by atoms with Gasteiger partial charge in [0.25, 0.3) is 0 Å². The van der Waals surface area contributed by atoms with Gasteiger partial charge in [-0.25, -0.2) is 4.98 Å². The summed E-state index contributed by atoms with van der Waals surface area (Å²) in [5.74, 6) is 0.798. The van der Waals surface area contributed by atoms with Crippen LogP contribution in [0, 0.1) is 5.92 Å². The van der Waals surface area contributed by atoms with E-state index in [0.29, 0.717) is 11.3 Å². The third-order valence-electron chi connectivity index (χ3n) is 5.53. The van der Waals surface area contributed by atoms with E-state index in [2.05, 4.69) is 34.1 Å². The summed E-state index contributed by atoms with van der Waals surface area (Å²) in [5.41, 5.74) is 2.83. The molecule has 0 bridgehead atoms. The molecule has 1 aromatic carbocycles. The Morgan fingerprint density at radius 3 is 2.63 bits per heavy atom. The zero-order valence-electron chi connectivity index (χ0n) is 15.9. The minimum Gasteiger partial charge on any atom is -0.494 e. The molecule has 0 atom stereocenters. The van der Waals surface area contributed by atoms with Crippen LogP contribution in [0.15, 0.2) is 48.8 Å². The molecule has 0 unspecified atom stereocenters. The van der Waals surface area contributed by atoms with Crippen molar-refractivity contribution >= 4 is 16.8 Å². The molecule has 5 heteroatoms. The summed E-state index contributed by atoms with van der Waals surface area (Å²) in [6.07, 6.45) is 5.37. The lowest BCUT2D eigenvalue weighted by Crippen LogP contribution is -2.36. The first-order chi connectivity index (χ1) is 13.2.